The number of carboxylic acid groups (broad SMARTS) is 1. The minimum Gasteiger partial charge on any atom is -0.478 e. The van der Waals surface area contributed by atoms with Gasteiger partial charge in [-0.3, -0.25) is 9.59 Å². The summed E-state index contributed by atoms with van der Waals surface area (Å²) in [4.78, 5) is 44.0. The second-order valence-electron chi connectivity index (χ2n) is 6.23. The molecule has 0 saturated carbocycles. The lowest BCUT2D eigenvalue weighted by Gasteiger charge is -2.33. The standard InChI is InChI=1S/C18H19N3O4/c1-11-19-9-15(16(22)20-11)17(23)21-7-3-6-14(10-21)12-4-2-5-13(8-12)18(24)25/h2,4-5,8-9,14H,3,6-7,10H2,1H3,(H,24,25)(H,19,20,22)/t14-/m0/s1. The Bertz CT molecular complexity index is 875. The van der Waals surface area contributed by atoms with Crippen molar-refractivity contribution in [2.24, 2.45) is 0 Å². The van der Waals surface area contributed by atoms with Gasteiger partial charge in [-0.25, -0.2) is 9.78 Å². The molecule has 3 rings (SSSR count). The molecule has 2 N–H and O–H groups in total. The fourth-order valence-corrected chi connectivity index (χ4v) is 3.17. The monoisotopic (exact) mass is 341 g/mol. The minimum absolute atomic E-state index is 0.0329. The molecule has 1 atom stereocenters. The van der Waals surface area contributed by atoms with Crippen LogP contribution in [0.4, 0.5) is 0 Å². The Hall–Kier alpha value is -2.96. The Balaban J connectivity index is 1.81. The Labute approximate surface area is 144 Å². The number of hydrogen-bond acceptors (Lipinski definition) is 4. The van der Waals surface area contributed by atoms with Gasteiger partial charge in [0.05, 0.1) is 5.56 Å². The Kier molecular flexibility index (Phi) is 4.65. The highest BCUT2D eigenvalue weighted by Gasteiger charge is 2.27. The van der Waals surface area contributed by atoms with Crippen LogP contribution in [-0.2, 0) is 0 Å². The second kappa shape index (κ2) is 6.88. The zero-order valence-corrected chi connectivity index (χ0v) is 13.9. The molecule has 1 amide bonds. The number of H-pyrrole nitrogens is 1. The number of aromatic amines is 1. The van der Waals surface area contributed by atoms with E-state index in [2.05, 4.69) is 9.97 Å². The van der Waals surface area contributed by atoms with Gasteiger partial charge in [-0.2, -0.15) is 0 Å². The molecule has 0 radical (unpaired) electrons. The first-order valence-corrected chi connectivity index (χ1v) is 8.14. The number of carbonyl (C=O) groups excluding carboxylic acids is 1. The van der Waals surface area contributed by atoms with Gasteiger partial charge in [-0.1, -0.05) is 12.1 Å². The van der Waals surface area contributed by atoms with Crippen molar-refractivity contribution in [3.05, 3.63) is 63.3 Å². The van der Waals surface area contributed by atoms with Gasteiger partial charge in [0.25, 0.3) is 11.5 Å². The van der Waals surface area contributed by atoms with Crippen molar-refractivity contribution in [2.45, 2.75) is 25.7 Å². The lowest BCUT2D eigenvalue weighted by Crippen LogP contribution is -2.41. The van der Waals surface area contributed by atoms with Crippen molar-refractivity contribution < 1.29 is 14.7 Å². The molecule has 1 fully saturated rings. The number of nitrogens with zero attached hydrogens (tertiary/aromatic N) is 2. The molecular weight excluding hydrogens is 322 g/mol. The van der Waals surface area contributed by atoms with Crippen molar-refractivity contribution in [3.8, 4) is 0 Å². The SMILES string of the molecule is Cc1ncc(C(=O)N2CCC[C@H](c3cccc(C(=O)O)c3)C2)c(=O)[nH]1. The molecule has 1 aromatic carbocycles. The van der Waals surface area contributed by atoms with Crippen LogP contribution in [0.3, 0.4) is 0 Å². The highest BCUT2D eigenvalue weighted by molar-refractivity contribution is 5.93. The van der Waals surface area contributed by atoms with Crippen LogP contribution in [0, 0.1) is 6.92 Å². The smallest absolute Gasteiger partial charge is 0.335 e. The first kappa shape index (κ1) is 16.9. The number of aromatic nitrogens is 2. The zero-order chi connectivity index (χ0) is 18.0. The van der Waals surface area contributed by atoms with Crippen LogP contribution < -0.4 is 5.56 Å². The van der Waals surface area contributed by atoms with Crippen molar-refractivity contribution in [3.63, 3.8) is 0 Å². The van der Waals surface area contributed by atoms with Crippen LogP contribution in [-0.4, -0.2) is 44.9 Å². The lowest BCUT2D eigenvalue weighted by molar-refractivity contribution is 0.0687. The lowest BCUT2D eigenvalue weighted by atomic mass is 9.89. The molecule has 1 aromatic heterocycles. The summed E-state index contributed by atoms with van der Waals surface area (Å²) in [5.74, 6) is -0.797. The largest absolute Gasteiger partial charge is 0.478 e. The van der Waals surface area contributed by atoms with Gasteiger partial charge >= 0.3 is 5.97 Å². The number of hydrogen-bond donors (Lipinski definition) is 2. The molecular formula is C18H19N3O4. The summed E-state index contributed by atoms with van der Waals surface area (Å²) in [7, 11) is 0. The van der Waals surface area contributed by atoms with Gasteiger partial charge < -0.3 is 15.0 Å². The number of carbonyl (C=O) groups is 2. The normalized spacial score (nSPS) is 17.3. The summed E-state index contributed by atoms with van der Waals surface area (Å²) in [6, 6.07) is 6.80. The highest BCUT2D eigenvalue weighted by Crippen LogP contribution is 2.28. The number of piperidine rings is 1. The summed E-state index contributed by atoms with van der Waals surface area (Å²) in [5.41, 5.74) is 0.728. The van der Waals surface area contributed by atoms with E-state index in [1.54, 1.807) is 30.0 Å². The molecule has 0 spiro atoms. The molecule has 1 aliphatic heterocycles. The Morgan fingerprint density at radius 2 is 2.16 bits per heavy atom. The molecule has 130 valence electrons. The van der Waals surface area contributed by atoms with E-state index >= 15 is 0 Å². The average Bonchev–Trinajstić information content (AvgIpc) is 2.61. The van der Waals surface area contributed by atoms with Crippen LogP contribution in [0.1, 0.15) is 50.9 Å². The van der Waals surface area contributed by atoms with E-state index in [0.29, 0.717) is 18.9 Å². The number of carboxylic acids is 1. The Morgan fingerprint density at radius 1 is 1.36 bits per heavy atom. The van der Waals surface area contributed by atoms with Crippen LogP contribution in [0.5, 0.6) is 0 Å². The molecule has 1 saturated heterocycles. The third-order valence-electron chi connectivity index (χ3n) is 4.47. The number of amides is 1. The van der Waals surface area contributed by atoms with E-state index in [-0.39, 0.29) is 23.0 Å². The van der Waals surface area contributed by atoms with E-state index in [1.165, 1.54) is 6.20 Å². The maximum Gasteiger partial charge on any atom is 0.335 e. The predicted octanol–water partition coefficient (Wildman–Crippen LogP) is 1.80. The first-order chi connectivity index (χ1) is 12.0. The first-order valence-electron chi connectivity index (χ1n) is 8.14. The van der Waals surface area contributed by atoms with E-state index in [9.17, 15) is 14.4 Å². The molecule has 2 heterocycles. The van der Waals surface area contributed by atoms with Crippen LogP contribution in [0.25, 0.3) is 0 Å². The number of rotatable bonds is 3. The molecule has 2 aromatic rings. The summed E-state index contributed by atoms with van der Waals surface area (Å²) in [5, 5.41) is 9.14. The quantitative estimate of drug-likeness (QED) is 0.886. The number of likely N-dealkylation sites (tertiary alicyclic amines) is 1. The fourth-order valence-electron chi connectivity index (χ4n) is 3.17. The molecule has 0 aliphatic carbocycles. The molecule has 7 nitrogen and oxygen atoms in total. The molecule has 0 unspecified atom stereocenters. The van der Waals surface area contributed by atoms with Crippen LogP contribution >= 0.6 is 0 Å². The van der Waals surface area contributed by atoms with Gasteiger partial charge in [-0.05, 0) is 37.5 Å². The molecule has 0 bridgehead atoms. The number of nitrogens with one attached hydrogen (secondary N) is 1. The topological polar surface area (TPSA) is 103 Å². The summed E-state index contributed by atoms with van der Waals surface area (Å²) in [6.07, 6.45) is 2.98. The average molecular weight is 341 g/mol. The van der Waals surface area contributed by atoms with Crippen LogP contribution in [0.2, 0.25) is 0 Å². The Morgan fingerprint density at radius 3 is 2.88 bits per heavy atom. The van der Waals surface area contributed by atoms with E-state index in [1.807, 2.05) is 6.07 Å². The van der Waals surface area contributed by atoms with Gasteiger partial charge in [0.1, 0.15) is 11.4 Å². The second-order valence-corrected chi connectivity index (χ2v) is 6.23. The fraction of sp³-hybridized carbons (Fsp3) is 0.333. The number of benzene rings is 1. The number of aryl methyl sites for hydroxylation is 1. The third-order valence-corrected chi connectivity index (χ3v) is 4.47. The van der Waals surface area contributed by atoms with Gasteiger partial charge in [0.15, 0.2) is 0 Å². The summed E-state index contributed by atoms with van der Waals surface area (Å²) < 4.78 is 0. The van der Waals surface area contributed by atoms with E-state index in [0.717, 1.165) is 18.4 Å². The minimum atomic E-state index is -0.970. The summed E-state index contributed by atoms with van der Waals surface area (Å²) in [6.45, 7) is 2.68. The van der Waals surface area contributed by atoms with Crippen molar-refractivity contribution in [2.75, 3.05) is 13.1 Å². The van der Waals surface area contributed by atoms with E-state index < -0.39 is 11.5 Å². The maximum atomic E-state index is 12.7. The zero-order valence-electron chi connectivity index (χ0n) is 13.9. The van der Waals surface area contributed by atoms with Crippen molar-refractivity contribution in [1.29, 1.82) is 0 Å². The molecule has 25 heavy (non-hydrogen) atoms. The van der Waals surface area contributed by atoms with Crippen molar-refractivity contribution in [1.82, 2.24) is 14.9 Å². The van der Waals surface area contributed by atoms with Crippen molar-refractivity contribution >= 4 is 11.9 Å². The predicted molar refractivity (Wildman–Crippen MR) is 90.9 cm³/mol. The molecule has 7 heteroatoms. The maximum absolute atomic E-state index is 12.7. The highest BCUT2D eigenvalue weighted by atomic mass is 16.4. The summed E-state index contributed by atoms with van der Waals surface area (Å²) >= 11 is 0. The van der Waals surface area contributed by atoms with Gasteiger partial charge in [-0.15, -0.1) is 0 Å². The van der Waals surface area contributed by atoms with Crippen LogP contribution in [0.15, 0.2) is 35.3 Å². The third kappa shape index (κ3) is 3.60. The number of aromatic carboxylic acids is 1. The molecule has 1 aliphatic rings. The van der Waals surface area contributed by atoms with Gasteiger partial charge in [0, 0.05) is 25.2 Å². The van der Waals surface area contributed by atoms with Gasteiger partial charge in [0.2, 0.25) is 0 Å². The van der Waals surface area contributed by atoms with E-state index in [4.69, 9.17) is 5.11 Å².